The quantitative estimate of drug-likeness (QED) is 0.339. The summed E-state index contributed by atoms with van der Waals surface area (Å²) in [6, 6.07) is 30.4. The molecule has 5 rings (SSSR count). The van der Waals surface area contributed by atoms with E-state index in [0.717, 1.165) is 21.3 Å². The van der Waals surface area contributed by atoms with Crippen molar-refractivity contribution in [1.82, 2.24) is 14.1 Å². The lowest BCUT2D eigenvalue weighted by Gasteiger charge is -2.36. The van der Waals surface area contributed by atoms with Crippen LogP contribution in [0.5, 0.6) is 0 Å². The van der Waals surface area contributed by atoms with Crippen LogP contribution in [0, 0.1) is 0 Å². The van der Waals surface area contributed by atoms with Gasteiger partial charge in [0, 0.05) is 10.7 Å². The van der Waals surface area contributed by atoms with E-state index >= 15 is 0 Å². The molecule has 33 heavy (non-hydrogen) atoms. The Morgan fingerprint density at radius 2 is 1.27 bits per heavy atom. The maximum atomic E-state index is 13.9. The highest BCUT2D eigenvalue weighted by atomic mass is 79.9. The Hall–Kier alpha value is -3.97. The topological polar surface area (TPSA) is 77.1 Å². The molecule has 3 aromatic carbocycles. The summed E-state index contributed by atoms with van der Waals surface area (Å²) in [6.07, 6.45) is 0.197. The zero-order chi connectivity index (χ0) is 23.0. The molecule has 1 N–H and O–H groups in total. The van der Waals surface area contributed by atoms with E-state index in [-0.39, 0.29) is 11.2 Å². The second-order valence-electron chi connectivity index (χ2n) is 7.54. The van der Waals surface area contributed by atoms with Gasteiger partial charge in [0.2, 0.25) is 0 Å². The summed E-state index contributed by atoms with van der Waals surface area (Å²) in [5.41, 5.74) is 1.02. The molecule has 0 saturated heterocycles. The second-order valence-corrected chi connectivity index (χ2v) is 8.46. The van der Waals surface area contributed by atoms with E-state index in [4.69, 9.17) is 0 Å². The van der Waals surface area contributed by atoms with Crippen molar-refractivity contribution in [3.8, 4) is 0 Å². The molecule has 7 heteroatoms. The molecule has 162 valence electrons. The number of hydrogen-bond donors (Lipinski definition) is 1. The number of carboxylic acid groups (broad SMARTS) is 1. The van der Waals surface area contributed by atoms with Crippen LogP contribution >= 0.6 is 15.9 Å². The summed E-state index contributed by atoms with van der Waals surface area (Å²) in [5, 5.41) is 9.95. The molecule has 0 fully saturated rings. The molecule has 0 spiro atoms. The summed E-state index contributed by atoms with van der Waals surface area (Å²) < 4.78 is 2.81. The van der Waals surface area contributed by atoms with E-state index in [9.17, 15) is 14.7 Å². The number of imidazole rings is 1. The minimum absolute atomic E-state index is 0.203. The van der Waals surface area contributed by atoms with Gasteiger partial charge in [0.1, 0.15) is 11.1 Å². The molecule has 0 radical (unpaired) electrons. The molecule has 0 amide bonds. The molecular formula is C26H18BrN3O3. The number of fused-ring (bicyclic) bond motifs is 1. The maximum Gasteiger partial charge on any atom is 0.420 e. The number of pyridine rings is 1. The Morgan fingerprint density at radius 1 is 0.818 bits per heavy atom. The van der Waals surface area contributed by atoms with Crippen molar-refractivity contribution in [2.24, 2.45) is 0 Å². The van der Waals surface area contributed by atoms with E-state index in [0.29, 0.717) is 4.47 Å². The SMILES string of the molecule is O=C(O)n1c(=O)n(C(c2ccccc2)(c2ccccc2)c2ccccc2)c2ncc(Br)cc21. The fourth-order valence-corrected chi connectivity index (χ4v) is 4.78. The minimum Gasteiger partial charge on any atom is -0.464 e. The van der Waals surface area contributed by atoms with Crippen molar-refractivity contribution in [2.45, 2.75) is 5.54 Å². The van der Waals surface area contributed by atoms with Crippen LogP contribution in [-0.2, 0) is 5.54 Å². The minimum atomic E-state index is -1.37. The summed E-state index contributed by atoms with van der Waals surface area (Å²) in [6.45, 7) is 0. The normalized spacial score (nSPS) is 11.5. The molecule has 0 atom stereocenters. The lowest BCUT2D eigenvalue weighted by Crippen LogP contribution is -2.45. The van der Waals surface area contributed by atoms with E-state index in [1.54, 1.807) is 12.3 Å². The molecule has 0 aliphatic heterocycles. The highest BCUT2D eigenvalue weighted by molar-refractivity contribution is 9.10. The van der Waals surface area contributed by atoms with Crippen LogP contribution in [0.15, 0.2) is 113 Å². The first-order valence-corrected chi connectivity index (χ1v) is 11.0. The van der Waals surface area contributed by atoms with Gasteiger partial charge < -0.3 is 5.11 Å². The third-order valence-corrected chi connectivity index (χ3v) is 6.18. The van der Waals surface area contributed by atoms with E-state index in [1.165, 1.54) is 4.57 Å². The monoisotopic (exact) mass is 499 g/mol. The molecule has 0 aliphatic carbocycles. The van der Waals surface area contributed by atoms with Crippen molar-refractivity contribution in [3.63, 3.8) is 0 Å². The van der Waals surface area contributed by atoms with Crippen LogP contribution in [0.25, 0.3) is 11.2 Å². The fourth-order valence-electron chi connectivity index (χ4n) is 4.46. The van der Waals surface area contributed by atoms with Gasteiger partial charge in [-0.3, -0.25) is 4.57 Å². The number of rotatable bonds is 4. The molecule has 2 aromatic heterocycles. The number of nitrogens with zero attached hydrogens (tertiary/aromatic N) is 3. The third kappa shape index (κ3) is 3.20. The Bertz CT molecular complexity index is 1410. The molecule has 5 aromatic rings. The average molecular weight is 500 g/mol. The van der Waals surface area contributed by atoms with Crippen molar-refractivity contribution in [1.29, 1.82) is 0 Å². The van der Waals surface area contributed by atoms with Crippen molar-refractivity contribution in [3.05, 3.63) is 135 Å². The first kappa shape index (κ1) is 20.9. The van der Waals surface area contributed by atoms with Crippen LogP contribution in [0.3, 0.4) is 0 Å². The number of hydrogen-bond acceptors (Lipinski definition) is 3. The van der Waals surface area contributed by atoms with Gasteiger partial charge >= 0.3 is 11.8 Å². The summed E-state index contributed by atoms with van der Waals surface area (Å²) in [5.74, 6) is 0. The maximum absolute atomic E-state index is 13.9. The van der Waals surface area contributed by atoms with Gasteiger partial charge in [-0.1, -0.05) is 91.0 Å². The van der Waals surface area contributed by atoms with Crippen LogP contribution in [-0.4, -0.2) is 25.3 Å². The lowest BCUT2D eigenvalue weighted by atomic mass is 9.76. The third-order valence-electron chi connectivity index (χ3n) is 5.75. The van der Waals surface area contributed by atoms with Gasteiger partial charge in [0.15, 0.2) is 5.65 Å². The van der Waals surface area contributed by atoms with Gasteiger partial charge in [-0.15, -0.1) is 0 Å². The van der Waals surface area contributed by atoms with E-state index in [2.05, 4.69) is 20.9 Å². The second kappa shape index (κ2) is 8.18. The highest BCUT2D eigenvalue weighted by Crippen LogP contribution is 2.41. The number of aromatic nitrogens is 3. The summed E-state index contributed by atoms with van der Waals surface area (Å²) >= 11 is 3.35. The predicted molar refractivity (Wildman–Crippen MR) is 130 cm³/mol. The number of benzene rings is 3. The largest absolute Gasteiger partial charge is 0.464 e. The Kier molecular flexibility index (Phi) is 5.18. The van der Waals surface area contributed by atoms with Crippen LogP contribution in [0.1, 0.15) is 16.7 Å². The zero-order valence-electron chi connectivity index (χ0n) is 17.3. The smallest absolute Gasteiger partial charge is 0.420 e. The molecule has 0 aliphatic rings. The van der Waals surface area contributed by atoms with E-state index < -0.39 is 17.3 Å². The first-order chi connectivity index (χ1) is 16.0. The number of carbonyl (C=O) groups is 1. The summed E-state index contributed by atoms with van der Waals surface area (Å²) in [7, 11) is 0. The fraction of sp³-hybridized carbons (Fsp3) is 0.0385. The van der Waals surface area contributed by atoms with Crippen LogP contribution in [0.4, 0.5) is 4.79 Å². The Balaban J connectivity index is 2.06. The van der Waals surface area contributed by atoms with Gasteiger partial charge in [-0.05, 0) is 38.7 Å². The van der Waals surface area contributed by atoms with Crippen molar-refractivity contribution >= 4 is 33.2 Å². The molecule has 6 nitrogen and oxygen atoms in total. The standard InChI is InChI=1S/C26H18BrN3O3/c27-21-16-22-23(28-17-21)30(24(31)29(22)25(32)33)26(18-10-4-1-5-11-18,19-12-6-2-7-13-19)20-14-8-3-9-15-20/h1-17H,(H,32,33). The predicted octanol–water partition coefficient (Wildman–Crippen LogP) is 5.33. The van der Waals surface area contributed by atoms with Crippen LogP contribution < -0.4 is 5.69 Å². The molecule has 2 heterocycles. The number of halogens is 1. The lowest BCUT2D eigenvalue weighted by molar-refractivity contribution is 0.196. The Labute approximate surface area is 197 Å². The van der Waals surface area contributed by atoms with Crippen LogP contribution in [0.2, 0.25) is 0 Å². The van der Waals surface area contributed by atoms with E-state index in [1.807, 2.05) is 91.0 Å². The average Bonchev–Trinajstić information content (AvgIpc) is 3.13. The molecule has 0 unspecified atom stereocenters. The van der Waals surface area contributed by atoms with Crippen molar-refractivity contribution < 1.29 is 9.90 Å². The summed E-state index contributed by atoms with van der Waals surface area (Å²) in [4.78, 5) is 30.6. The van der Waals surface area contributed by atoms with Crippen molar-refractivity contribution in [2.75, 3.05) is 0 Å². The Morgan fingerprint density at radius 3 is 1.70 bits per heavy atom. The highest BCUT2D eigenvalue weighted by Gasteiger charge is 2.42. The zero-order valence-corrected chi connectivity index (χ0v) is 18.9. The molecule has 0 bridgehead atoms. The van der Waals surface area contributed by atoms with Gasteiger partial charge in [-0.2, -0.15) is 4.57 Å². The van der Waals surface area contributed by atoms with Gasteiger partial charge in [0.25, 0.3) is 0 Å². The molecule has 0 saturated carbocycles. The van der Waals surface area contributed by atoms with Gasteiger partial charge in [0.05, 0.1) is 0 Å². The first-order valence-electron chi connectivity index (χ1n) is 10.2. The van der Waals surface area contributed by atoms with Gasteiger partial charge in [-0.25, -0.2) is 14.6 Å². The molecular weight excluding hydrogens is 482 g/mol.